The topological polar surface area (TPSA) is 41.3 Å². The first-order chi connectivity index (χ1) is 9.42. The van der Waals surface area contributed by atoms with Crippen molar-refractivity contribution in [3.8, 4) is 0 Å². The molecular formula is C15H25N3O. The highest BCUT2D eigenvalue weighted by molar-refractivity contribution is 4.96. The summed E-state index contributed by atoms with van der Waals surface area (Å²) in [7, 11) is 0. The minimum Gasteiger partial charge on any atom is -0.364 e. The minimum atomic E-state index is 0.676. The molecule has 1 aliphatic carbocycles. The Morgan fingerprint density at radius 3 is 2.95 bits per heavy atom. The van der Waals surface area contributed by atoms with E-state index in [-0.39, 0.29) is 0 Å². The van der Waals surface area contributed by atoms with Crippen molar-refractivity contribution in [2.75, 3.05) is 19.6 Å². The van der Waals surface area contributed by atoms with Crippen LogP contribution in [0.2, 0.25) is 0 Å². The Labute approximate surface area is 115 Å². The van der Waals surface area contributed by atoms with Gasteiger partial charge in [0.15, 0.2) is 0 Å². The number of nitrogens with zero attached hydrogens (tertiary/aromatic N) is 2. The Bertz CT molecular complexity index is 359. The van der Waals surface area contributed by atoms with Gasteiger partial charge in [-0.2, -0.15) is 0 Å². The first-order valence-electron chi connectivity index (χ1n) is 7.77. The lowest BCUT2D eigenvalue weighted by Gasteiger charge is -2.32. The highest BCUT2D eigenvalue weighted by Crippen LogP contribution is 2.27. The molecule has 1 aromatic rings. The molecule has 2 fully saturated rings. The molecule has 1 saturated carbocycles. The third kappa shape index (κ3) is 3.57. The lowest BCUT2D eigenvalue weighted by molar-refractivity contribution is 0.198. The van der Waals surface area contributed by atoms with Crippen LogP contribution in [0.4, 0.5) is 0 Å². The minimum absolute atomic E-state index is 0.676. The first kappa shape index (κ1) is 13.1. The number of aromatic nitrogens is 1. The Hall–Kier alpha value is -0.870. The third-order valence-corrected chi connectivity index (χ3v) is 4.61. The molecule has 3 rings (SSSR count). The van der Waals surface area contributed by atoms with Crippen LogP contribution in [-0.4, -0.2) is 35.7 Å². The van der Waals surface area contributed by atoms with Crippen LogP contribution in [0.3, 0.4) is 0 Å². The van der Waals surface area contributed by atoms with Crippen molar-refractivity contribution < 1.29 is 4.52 Å². The zero-order valence-electron chi connectivity index (χ0n) is 11.7. The zero-order valence-corrected chi connectivity index (χ0v) is 11.7. The predicted molar refractivity (Wildman–Crippen MR) is 74.8 cm³/mol. The lowest BCUT2D eigenvalue weighted by atomic mass is 9.83. The summed E-state index contributed by atoms with van der Waals surface area (Å²) in [6.45, 7) is 4.43. The van der Waals surface area contributed by atoms with E-state index < -0.39 is 0 Å². The van der Waals surface area contributed by atoms with E-state index in [1.165, 1.54) is 45.1 Å². The fraction of sp³-hybridized carbons (Fsp3) is 0.800. The molecule has 1 N–H and O–H groups in total. The molecule has 1 unspecified atom stereocenters. The van der Waals surface area contributed by atoms with E-state index in [0.717, 1.165) is 31.2 Å². The van der Waals surface area contributed by atoms with E-state index in [4.69, 9.17) is 4.52 Å². The first-order valence-corrected chi connectivity index (χ1v) is 7.77. The molecule has 0 amide bonds. The van der Waals surface area contributed by atoms with Gasteiger partial charge >= 0.3 is 0 Å². The fourth-order valence-electron chi connectivity index (χ4n) is 3.57. The van der Waals surface area contributed by atoms with Crippen LogP contribution in [0, 0.1) is 5.92 Å². The smallest absolute Gasteiger partial charge is 0.124 e. The SMILES string of the molecule is c1cc(CN2CCCNC(C3CCCCC3)C2)no1. The molecule has 1 atom stereocenters. The Morgan fingerprint density at radius 2 is 2.16 bits per heavy atom. The largest absolute Gasteiger partial charge is 0.364 e. The number of rotatable bonds is 3. The summed E-state index contributed by atoms with van der Waals surface area (Å²) in [5.41, 5.74) is 1.06. The predicted octanol–water partition coefficient (Wildman–Crippen LogP) is 2.42. The number of hydrogen-bond donors (Lipinski definition) is 1. The fourth-order valence-corrected chi connectivity index (χ4v) is 3.57. The van der Waals surface area contributed by atoms with Crippen LogP contribution in [0.5, 0.6) is 0 Å². The van der Waals surface area contributed by atoms with Crippen molar-refractivity contribution in [3.63, 3.8) is 0 Å². The highest BCUT2D eigenvalue weighted by atomic mass is 16.5. The van der Waals surface area contributed by atoms with Gasteiger partial charge in [0.2, 0.25) is 0 Å². The lowest BCUT2D eigenvalue weighted by Crippen LogP contribution is -2.43. The molecule has 2 aliphatic rings. The van der Waals surface area contributed by atoms with Crippen LogP contribution in [0.15, 0.2) is 16.9 Å². The van der Waals surface area contributed by atoms with Crippen LogP contribution < -0.4 is 5.32 Å². The number of nitrogens with one attached hydrogen (secondary N) is 1. The second-order valence-electron chi connectivity index (χ2n) is 6.04. The summed E-state index contributed by atoms with van der Waals surface area (Å²) < 4.78 is 4.94. The van der Waals surface area contributed by atoms with Crippen molar-refractivity contribution in [1.29, 1.82) is 0 Å². The summed E-state index contributed by atoms with van der Waals surface area (Å²) in [6, 6.07) is 2.66. The molecule has 0 aromatic carbocycles. The van der Waals surface area contributed by atoms with Gasteiger partial charge in [0.1, 0.15) is 6.26 Å². The van der Waals surface area contributed by atoms with Gasteiger partial charge in [0.25, 0.3) is 0 Å². The van der Waals surface area contributed by atoms with E-state index in [1.54, 1.807) is 6.26 Å². The van der Waals surface area contributed by atoms with Crippen molar-refractivity contribution in [3.05, 3.63) is 18.0 Å². The molecule has 1 saturated heterocycles. The maximum Gasteiger partial charge on any atom is 0.124 e. The second-order valence-corrected chi connectivity index (χ2v) is 6.04. The van der Waals surface area contributed by atoms with E-state index in [1.807, 2.05) is 6.07 Å². The van der Waals surface area contributed by atoms with Gasteiger partial charge in [0.05, 0.1) is 5.69 Å². The van der Waals surface area contributed by atoms with Crippen molar-refractivity contribution in [2.45, 2.75) is 51.1 Å². The molecule has 0 spiro atoms. The monoisotopic (exact) mass is 263 g/mol. The van der Waals surface area contributed by atoms with E-state index in [9.17, 15) is 0 Å². The van der Waals surface area contributed by atoms with Gasteiger partial charge in [-0.25, -0.2) is 0 Å². The zero-order chi connectivity index (χ0) is 12.9. The Morgan fingerprint density at radius 1 is 1.26 bits per heavy atom. The quantitative estimate of drug-likeness (QED) is 0.909. The van der Waals surface area contributed by atoms with E-state index in [2.05, 4.69) is 15.4 Å². The molecule has 1 aromatic heterocycles. The Balaban J connectivity index is 1.58. The summed E-state index contributed by atoms with van der Waals surface area (Å²) >= 11 is 0. The Kier molecular flexibility index (Phi) is 4.51. The molecule has 0 bridgehead atoms. The molecule has 4 nitrogen and oxygen atoms in total. The normalized spacial score (nSPS) is 27.3. The van der Waals surface area contributed by atoms with Crippen LogP contribution in [0.25, 0.3) is 0 Å². The van der Waals surface area contributed by atoms with Gasteiger partial charge < -0.3 is 9.84 Å². The average Bonchev–Trinajstić information content (AvgIpc) is 2.84. The van der Waals surface area contributed by atoms with Crippen LogP contribution in [-0.2, 0) is 6.54 Å². The molecule has 19 heavy (non-hydrogen) atoms. The summed E-state index contributed by atoms with van der Waals surface area (Å²) in [5, 5.41) is 7.82. The van der Waals surface area contributed by atoms with E-state index >= 15 is 0 Å². The standard InChI is InChI=1S/C15H25N3O/c1-2-5-13(6-3-1)15-12-18(9-4-8-16-15)11-14-7-10-19-17-14/h7,10,13,15-16H,1-6,8-9,11-12H2. The van der Waals surface area contributed by atoms with Gasteiger partial charge in [-0.15, -0.1) is 0 Å². The molecule has 106 valence electrons. The molecular weight excluding hydrogens is 238 g/mol. The second kappa shape index (κ2) is 6.53. The highest BCUT2D eigenvalue weighted by Gasteiger charge is 2.27. The van der Waals surface area contributed by atoms with Crippen molar-refractivity contribution in [2.24, 2.45) is 5.92 Å². The maximum absolute atomic E-state index is 4.94. The number of hydrogen-bond acceptors (Lipinski definition) is 4. The van der Waals surface area contributed by atoms with Gasteiger partial charge in [-0.05, 0) is 38.3 Å². The summed E-state index contributed by atoms with van der Waals surface area (Å²) in [6.07, 6.45) is 10.0. The van der Waals surface area contributed by atoms with Gasteiger partial charge in [0, 0.05) is 25.2 Å². The molecule has 0 radical (unpaired) electrons. The summed E-state index contributed by atoms with van der Waals surface area (Å²) in [5.74, 6) is 0.881. The van der Waals surface area contributed by atoms with Crippen LogP contribution >= 0.6 is 0 Å². The van der Waals surface area contributed by atoms with Crippen molar-refractivity contribution >= 4 is 0 Å². The molecule has 1 aliphatic heterocycles. The van der Waals surface area contributed by atoms with Crippen LogP contribution in [0.1, 0.15) is 44.2 Å². The third-order valence-electron chi connectivity index (χ3n) is 4.61. The maximum atomic E-state index is 4.94. The van der Waals surface area contributed by atoms with Gasteiger partial charge in [-0.1, -0.05) is 24.4 Å². The average molecular weight is 263 g/mol. The van der Waals surface area contributed by atoms with Gasteiger partial charge in [-0.3, -0.25) is 4.90 Å². The molecule has 2 heterocycles. The van der Waals surface area contributed by atoms with E-state index in [0.29, 0.717) is 6.04 Å². The van der Waals surface area contributed by atoms with Crippen molar-refractivity contribution in [1.82, 2.24) is 15.4 Å². The molecule has 4 heteroatoms. The summed E-state index contributed by atoms with van der Waals surface area (Å²) in [4.78, 5) is 2.54.